The van der Waals surface area contributed by atoms with Crippen molar-refractivity contribution in [3.63, 3.8) is 0 Å². The highest BCUT2D eigenvalue weighted by Crippen LogP contribution is 2.33. The highest BCUT2D eigenvalue weighted by atomic mass is 19.4. The summed E-state index contributed by atoms with van der Waals surface area (Å²) >= 11 is 0. The molecule has 0 aliphatic rings. The maximum Gasteiger partial charge on any atom is 0.416 e. The van der Waals surface area contributed by atoms with Crippen LogP contribution in [0.4, 0.5) is 13.2 Å². The van der Waals surface area contributed by atoms with Crippen LogP contribution in [0.1, 0.15) is 23.1 Å². The second kappa shape index (κ2) is 5.18. The standard InChI is InChI=1S/C11H11F3O3/c12-11(13,14)9-5-7(6-15)1-2-8(9)3-4-10(16)17/h1-2,5,15H,3-4,6H2,(H,16,17). The number of rotatable bonds is 4. The molecule has 3 nitrogen and oxygen atoms in total. The maximum atomic E-state index is 12.7. The molecule has 1 aromatic carbocycles. The van der Waals surface area contributed by atoms with Crippen molar-refractivity contribution in [2.75, 3.05) is 0 Å². The minimum Gasteiger partial charge on any atom is -0.481 e. The van der Waals surface area contributed by atoms with E-state index in [0.29, 0.717) is 0 Å². The Hall–Kier alpha value is -1.56. The van der Waals surface area contributed by atoms with Crippen LogP contribution in [0.15, 0.2) is 18.2 Å². The number of benzene rings is 1. The van der Waals surface area contributed by atoms with Crippen LogP contribution < -0.4 is 0 Å². The van der Waals surface area contributed by atoms with E-state index in [1.807, 2.05) is 0 Å². The number of hydrogen-bond acceptors (Lipinski definition) is 2. The lowest BCUT2D eigenvalue weighted by atomic mass is 10.00. The Bertz CT molecular complexity index is 413. The highest BCUT2D eigenvalue weighted by molar-refractivity contribution is 5.67. The fraction of sp³-hybridized carbons (Fsp3) is 0.364. The molecule has 0 bridgehead atoms. The third kappa shape index (κ3) is 3.74. The van der Waals surface area contributed by atoms with E-state index in [1.54, 1.807) is 0 Å². The molecule has 2 N–H and O–H groups in total. The summed E-state index contributed by atoms with van der Waals surface area (Å²) in [4.78, 5) is 10.3. The zero-order valence-corrected chi connectivity index (χ0v) is 8.79. The number of hydrogen-bond donors (Lipinski definition) is 2. The molecule has 1 aromatic rings. The molecule has 0 radical (unpaired) electrons. The van der Waals surface area contributed by atoms with Gasteiger partial charge in [-0.25, -0.2) is 0 Å². The first-order valence-electron chi connectivity index (χ1n) is 4.86. The lowest BCUT2D eigenvalue weighted by Crippen LogP contribution is -2.11. The van der Waals surface area contributed by atoms with Crippen molar-refractivity contribution in [3.8, 4) is 0 Å². The monoisotopic (exact) mass is 248 g/mol. The molecule has 0 saturated heterocycles. The Balaban J connectivity index is 3.07. The average Bonchev–Trinajstić information content (AvgIpc) is 2.24. The van der Waals surface area contributed by atoms with E-state index >= 15 is 0 Å². The molecule has 94 valence electrons. The van der Waals surface area contributed by atoms with Crippen LogP contribution in [-0.2, 0) is 24.0 Å². The minimum absolute atomic E-state index is 0.0721. The highest BCUT2D eigenvalue weighted by Gasteiger charge is 2.33. The summed E-state index contributed by atoms with van der Waals surface area (Å²) in [6.07, 6.45) is -5.09. The summed E-state index contributed by atoms with van der Waals surface area (Å²) in [7, 11) is 0. The van der Waals surface area contributed by atoms with Gasteiger partial charge in [-0.15, -0.1) is 0 Å². The smallest absolute Gasteiger partial charge is 0.416 e. The van der Waals surface area contributed by atoms with Crippen LogP contribution in [-0.4, -0.2) is 16.2 Å². The number of carbonyl (C=O) groups is 1. The predicted octanol–water partition coefficient (Wildman–Crippen LogP) is 2.21. The van der Waals surface area contributed by atoms with Crippen LogP contribution >= 0.6 is 0 Å². The van der Waals surface area contributed by atoms with Crippen molar-refractivity contribution in [1.29, 1.82) is 0 Å². The van der Waals surface area contributed by atoms with E-state index < -0.39 is 24.3 Å². The molecule has 0 unspecified atom stereocenters. The van der Waals surface area contributed by atoms with E-state index in [4.69, 9.17) is 10.2 Å². The van der Waals surface area contributed by atoms with Crippen LogP contribution in [0.3, 0.4) is 0 Å². The van der Waals surface area contributed by atoms with Crippen molar-refractivity contribution >= 4 is 5.97 Å². The average molecular weight is 248 g/mol. The molecular weight excluding hydrogens is 237 g/mol. The number of carboxylic acids is 1. The molecule has 0 spiro atoms. The molecule has 0 aromatic heterocycles. The number of aliphatic hydroxyl groups excluding tert-OH is 1. The largest absolute Gasteiger partial charge is 0.481 e. The third-order valence-electron chi connectivity index (χ3n) is 2.27. The van der Waals surface area contributed by atoms with Gasteiger partial charge >= 0.3 is 12.1 Å². The number of aryl methyl sites for hydroxylation is 1. The van der Waals surface area contributed by atoms with Gasteiger partial charge in [0.15, 0.2) is 0 Å². The Labute approximate surface area is 95.5 Å². The van der Waals surface area contributed by atoms with E-state index in [9.17, 15) is 18.0 Å². The molecule has 1 rings (SSSR count). The molecule has 6 heteroatoms. The number of aliphatic hydroxyl groups is 1. The first-order chi connectivity index (χ1) is 7.84. The second-order valence-electron chi connectivity index (χ2n) is 3.54. The quantitative estimate of drug-likeness (QED) is 0.858. The van der Waals surface area contributed by atoms with Gasteiger partial charge in [0.1, 0.15) is 0 Å². The van der Waals surface area contributed by atoms with E-state index in [2.05, 4.69) is 0 Å². The molecule has 0 atom stereocenters. The SMILES string of the molecule is O=C(O)CCc1ccc(CO)cc1C(F)(F)F. The van der Waals surface area contributed by atoms with Gasteiger partial charge < -0.3 is 10.2 Å². The van der Waals surface area contributed by atoms with Gasteiger partial charge in [-0.1, -0.05) is 12.1 Å². The lowest BCUT2D eigenvalue weighted by molar-refractivity contribution is -0.140. The summed E-state index contributed by atoms with van der Waals surface area (Å²) in [5, 5.41) is 17.2. The normalized spacial score (nSPS) is 11.5. The maximum absolute atomic E-state index is 12.7. The van der Waals surface area contributed by atoms with E-state index in [-0.39, 0.29) is 24.0 Å². The number of alkyl halides is 3. The van der Waals surface area contributed by atoms with Crippen molar-refractivity contribution in [2.24, 2.45) is 0 Å². The molecule has 0 aliphatic carbocycles. The Morgan fingerprint density at radius 3 is 2.41 bits per heavy atom. The van der Waals surface area contributed by atoms with Crippen LogP contribution in [0.5, 0.6) is 0 Å². The van der Waals surface area contributed by atoms with Gasteiger partial charge in [-0.05, 0) is 23.6 Å². The van der Waals surface area contributed by atoms with Crippen LogP contribution in [0, 0.1) is 0 Å². The first-order valence-corrected chi connectivity index (χ1v) is 4.86. The summed E-state index contributed by atoms with van der Waals surface area (Å²) in [5.74, 6) is -1.15. The Kier molecular flexibility index (Phi) is 4.11. The number of aliphatic carboxylic acids is 1. The number of halogens is 3. The lowest BCUT2D eigenvalue weighted by Gasteiger charge is -2.13. The van der Waals surface area contributed by atoms with Crippen molar-refractivity contribution in [1.82, 2.24) is 0 Å². The van der Waals surface area contributed by atoms with Gasteiger partial charge in [-0.3, -0.25) is 4.79 Å². The molecule has 0 amide bonds. The van der Waals surface area contributed by atoms with Gasteiger partial charge in [-0.2, -0.15) is 13.2 Å². The number of carboxylic acid groups (broad SMARTS) is 1. The second-order valence-corrected chi connectivity index (χ2v) is 3.54. The summed E-state index contributed by atoms with van der Waals surface area (Å²) in [6, 6.07) is 3.40. The Morgan fingerprint density at radius 2 is 1.94 bits per heavy atom. The van der Waals surface area contributed by atoms with Crippen molar-refractivity contribution in [3.05, 3.63) is 34.9 Å². The zero-order valence-electron chi connectivity index (χ0n) is 8.79. The predicted molar refractivity (Wildman–Crippen MR) is 53.3 cm³/mol. The molecule has 0 fully saturated rings. The molecule has 0 aliphatic heterocycles. The fourth-order valence-corrected chi connectivity index (χ4v) is 1.45. The van der Waals surface area contributed by atoms with Crippen LogP contribution in [0.25, 0.3) is 0 Å². The minimum atomic E-state index is -4.54. The molecule has 0 heterocycles. The van der Waals surface area contributed by atoms with E-state index in [0.717, 1.165) is 6.07 Å². The summed E-state index contributed by atoms with van der Waals surface area (Å²) in [6.45, 7) is -0.484. The van der Waals surface area contributed by atoms with Crippen LogP contribution in [0.2, 0.25) is 0 Å². The van der Waals surface area contributed by atoms with Gasteiger partial charge in [0.05, 0.1) is 12.2 Å². The zero-order chi connectivity index (χ0) is 13.1. The Morgan fingerprint density at radius 1 is 1.29 bits per heavy atom. The molecular formula is C11H11F3O3. The summed E-state index contributed by atoms with van der Waals surface area (Å²) in [5.41, 5.74) is -0.807. The topological polar surface area (TPSA) is 57.5 Å². The van der Waals surface area contributed by atoms with Gasteiger partial charge in [0, 0.05) is 6.42 Å². The van der Waals surface area contributed by atoms with Crippen molar-refractivity contribution in [2.45, 2.75) is 25.6 Å². The first kappa shape index (κ1) is 13.5. The summed E-state index contributed by atoms with van der Waals surface area (Å²) < 4.78 is 38.0. The van der Waals surface area contributed by atoms with E-state index in [1.165, 1.54) is 12.1 Å². The molecule has 17 heavy (non-hydrogen) atoms. The molecule has 0 saturated carbocycles. The third-order valence-corrected chi connectivity index (χ3v) is 2.27. The van der Waals surface area contributed by atoms with Gasteiger partial charge in [0.2, 0.25) is 0 Å². The van der Waals surface area contributed by atoms with Gasteiger partial charge in [0.25, 0.3) is 0 Å². The fourth-order valence-electron chi connectivity index (χ4n) is 1.45. The van der Waals surface area contributed by atoms with Crippen molar-refractivity contribution < 1.29 is 28.2 Å².